The van der Waals surface area contributed by atoms with Gasteiger partial charge in [0.25, 0.3) is 5.91 Å². The Morgan fingerprint density at radius 3 is 2.62 bits per heavy atom. The standard InChI is InChI=1S/C20H18ClN3O3S2/c1-13-6-8-14(9-7-13)29(26,27)24-11-10-17-18(12-24)28-20(22-17)23-19(25)15-4-2-3-5-16(15)21/h2-9H,10-12H2,1H3,(H,22,23,25). The van der Waals surface area contributed by atoms with Crippen molar-refractivity contribution in [2.75, 3.05) is 11.9 Å². The number of hydrogen-bond donors (Lipinski definition) is 1. The Kier molecular flexibility index (Phi) is 5.44. The van der Waals surface area contributed by atoms with Gasteiger partial charge in [0.1, 0.15) is 0 Å². The quantitative estimate of drug-likeness (QED) is 0.652. The summed E-state index contributed by atoms with van der Waals surface area (Å²) in [6.45, 7) is 2.51. The number of rotatable bonds is 4. The SMILES string of the molecule is Cc1ccc(S(=O)(=O)N2CCc3nc(NC(=O)c4ccccc4Cl)sc3C2)cc1. The summed E-state index contributed by atoms with van der Waals surface area (Å²) < 4.78 is 27.3. The molecule has 1 aromatic heterocycles. The molecule has 0 unspecified atom stereocenters. The van der Waals surface area contributed by atoms with Crippen molar-refractivity contribution in [3.05, 3.63) is 75.3 Å². The fourth-order valence-corrected chi connectivity index (χ4v) is 5.83. The van der Waals surface area contributed by atoms with Crippen LogP contribution in [-0.2, 0) is 23.0 Å². The van der Waals surface area contributed by atoms with Gasteiger partial charge in [-0.2, -0.15) is 4.31 Å². The lowest BCUT2D eigenvalue weighted by Gasteiger charge is -2.25. The van der Waals surface area contributed by atoms with Gasteiger partial charge in [0.05, 0.1) is 27.7 Å². The first kappa shape index (κ1) is 20.0. The van der Waals surface area contributed by atoms with Crippen LogP contribution in [-0.4, -0.2) is 30.2 Å². The number of fused-ring (bicyclic) bond motifs is 1. The Bertz CT molecular complexity index is 1170. The normalized spacial score (nSPS) is 14.4. The van der Waals surface area contributed by atoms with Crippen molar-refractivity contribution in [3.8, 4) is 0 Å². The highest BCUT2D eigenvalue weighted by molar-refractivity contribution is 7.89. The number of nitrogens with one attached hydrogen (secondary N) is 1. The van der Waals surface area contributed by atoms with Gasteiger partial charge in [-0.3, -0.25) is 10.1 Å². The van der Waals surface area contributed by atoms with Crippen molar-refractivity contribution in [2.45, 2.75) is 24.8 Å². The van der Waals surface area contributed by atoms with Gasteiger partial charge < -0.3 is 0 Å². The number of nitrogens with zero attached hydrogens (tertiary/aromatic N) is 2. The highest BCUT2D eigenvalue weighted by Gasteiger charge is 2.30. The van der Waals surface area contributed by atoms with Gasteiger partial charge >= 0.3 is 0 Å². The van der Waals surface area contributed by atoms with Gasteiger partial charge in [-0.1, -0.05) is 41.4 Å². The predicted molar refractivity (Wildman–Crippen MR) is 114 cm³/mol. The van der Waals surface area contributed by atoms with Gasteiger partial charge in [-0.15, -0.1) is 11.3 Å². The van der Waals surface area contributed by atoms with E-state index < -0.39 is 10.0 Å². The third kappa shape index (κ3) is 4.06. The number of amides is 1. The maximum atomic E-state index is 12.9. The summed E-state index contributed by atoms with van der Waals surface area (Å²) in [5.41, 5.74) is 2.19. The van der Waals surface area contributed by atoms with E-state index in [2.05, 4.69) is 10.3 Å². The largest absolute Gasteiger partial charge is 0.298 e. The van der Waals surface area contributed by atoms with Crippen molar-refractivity contribution in [2.24, 2.45) is 0 Å². The summed E-state index contributed by atoms with van der Waals surface area (Å²) in [5, 5.41) is 3.57. The van der Waals surface area contributed by atoms with Gasteiger partial charge in [-0.05, 0) is 31.2 Å². The highest BCUT2D eigenvalue weighted by Crippen LogP contribution is 2.31. The van der Waals surface area contributed by atoms with Crippen LogP contribution in [0.1, 0.15) is 26.5 Å². The molecule has 0 saturated carbocycles. The molecule has 3 aromatic rings. The fraction of sp³-hybridized carbons (Fsp3) is 0.200. The number of aromatic nitrogens is 1. The minimum absolute atomic E-state index is 0.241. The van der Waals surface area contributed by atoms with Gasteiger partial charge in [0.2, 0.25) is 10.0 Å². The molecule has 150 valence electrons. The Labute approximate surface area is 178 Å². The molecule has 2 aromatic carbocycles. The number of aryl methyl sites for hydroxylation is 1. The number of halogens is 1. The molecule has 1 aliphatic heterocycles. The van der Waals surface area contributed by atoms with Crippen molar-refractivity contribution >= 4 is 44.0 Å². The first-order valence-corrected chi connectivity index (χ1v) is 11.6. The van der Waals surface area contributed by atoms with Gasteiger partial charge in [-0.25, -0.2) is 13.4 Å². The van der Waals surface area contributed by atoms with Crippen LogP contribution in [0, 0.1) is 6.92 Å². The predicted octanol–water partition coefficient (Wildman–Crippen LogP) is 4.10. The molecule has 1 amide bonds. The third-order valence-corrected chi connectivity index (χ3v) is 7.88. The molecular formula is C20H18ClN3O3S2. The van der Waals surface area contributed by atoms with Crippen LogP contribution in [0.4, 0.5) is 5.13 Å². The summed E-state index contributed by atoms with van der Waals surface area (Å²) in [4.78, 5) is 18.0. The molecule has 29 heavy (non-hydrogen) atoms. The van der Waals surface area contributed by atoms with Gasteiger partial charge in [0, 0.05) is 17.8 Å². The zero-order valence-corrected chi connectivity index (χ0v) is 17.9. The van der Waals surface area contributed by atoms with E-state index in [1.165, 1.54) is 15.6 Å². The number of thiazole rings is 1. The molecule has 0 bridgehead atoms. The summed E-state index contributed by atoms with van der Waals surface area (Å²) in [6.07, 6.45) is 0.499. The maximum Gasteiger partial charge on any atom is 0.258 e. The summed E-state index contributed by atoms with van der Waals surface area (Å²) in [6, 6.07) is 13.6. The van der Waals surface area contributed by atoms with E-state index in [1.807, 2.05) is 6.92 Å². The van der Waals surface area contributed by atoms with Gasteiger partial charge in [0.15, 0.2) is 5.13 Å². The molecular weight excluding hydrogens is 430 g/mol. The highest BCUT2D eigenvalue weighted by atomic mass is 35.5. The smallest absolute Gasteiger partial charge is 0.258 e. The summed E-state index contributed by atoms with van der Waals surface area (Å²) >= 11 is 7.36. The van der Waals surface area contributed by atoms with E-state index in [0.29, 0.717) is 28.7 Å². The number of carbonyl (C=O) groups excluding carboxylic acids is 1. The lowest BCUT2D eigenvalue weighted by molar-refractivity contribution is 0.102. The first-order chi connectivity index (χ1) is 13.8. The molecule has 0 radical (unpaired) electrons. The summed E-state index contributed by atoms with van der Waals surface area (Å²) in [5.74, 6) is -0.342. The zero-order chi connectivity index (χ0) is 20.6. The van der Waals surface area contributed by atoms with Crippen LogP contribution in [0.2, 0.25) is 5.02 Å². The summed E-state index contributed by atoms with van der Waals surface area (Å²) in [7, 11) is -3.58. The van der Waals surface area contributed by atoms with Crippen molar-refractivity contribution in [1.82, 2.24) is 9.29 Å². The molecule has 6 nitrogen and oxygen atoms in total. The van der Waals surface area contributed by atoms with E-state index in [-0.39, 0.29) is 17.3 Å². The van der Waals surface area contributed by atoms with E-state index in [1.54, 1.807) is 48.5 Å². The third-order valence-electron chi connectivity index (χ3n) is 4.69. The average Bonchev–Trinajstić information content (AvgIpc) is 3.10. The number of carbonyl (C=O) groups is 1. The second kappa shape index (κ2) is 7.87. The maximum absolute atomic E-state index is 12.9. The number of hydrogen-bond acceptors (Lipinski definition) is 5. The van der Waals surface area contributed by atoms with E-state index in [4.69, 9.17) is 11.6 Å². The lowest BCUT2D eigenvalue weighted by Crippen LogP contribution is -2.35. The topological polar surface area (TPSA) is 79.4 Å². The molecule has 0 atom stereocenters. The number of sulfonamides is 1. The Morgan fingerprint density at radius 1 is 1.17 bits per heavy atom. The number of anilines is 1. The Morgan fingerprint density at radius 2 is 1.90 bits per heavy atom. The van der Waals surface area contributed by atoms with Crippen LogP contribution in [0.15, 0.2) is 53.4 Å². The zero-order valence-electron chi connectivity index (χ0n) is 15.6. The molecule has 0 spiro atoms. The second-order valence-electron chi connectivity index (χ2n) is 6.72. The molecule has 0 aliphatic carbocycles. The van der Waals surface area contributed by atoms with Crippen molar-refractivity contribution in [1.29, 1.82) is 0 Å². The Hall–Kier alpha value is -2.26. The average molecular weight is 448 g/mol. The fourth-order valence-electron chi connectivity index (χ4n) is 3.10. The van der Waals surface area contributed by atoms with Crippen LogP contribution < -0.4 is 5.32 Å². The monoisotopic (exact) mass is 447 g/mol. The Balaban J connectivity index is 1.52. The molecule has 9 heteroatoms. The van der Waals surface area contributed by atoms with E-state index >= 15 is 0 Å². The second-order valence-corrected chi connectivity index (χ2v) is 10.2. The van der Waals surface area contributed by atoms with Crippen molar-refractivity contribution in [3.63, 3.8) is 0 Å². The minimum Gasteiger partial charge on any atom is -0.298 e. The molecule has 2 heterocycles. The lowest BCUT2D eigenvalue weighted by atomic mass is 10.2. The molecule has 1 aliphatic rings. The van der Waals surface area contributed by atoms with Crippen molar-refractivity contribution < 1.29 is 13.2 Å². The van der Waals surface area contributed by atoms with E-state index in [0.717, 1.165) is 16.1 Å². The van der Waals surface area contributed by atoms with E-state index in [9.17, 15) is 13.2 Å². The molecule has 0 fully saturated rings. The number of benzene rings is 2. The van der Waals surface area contributed by atoms with Crippen LogP contribution in [0.3, 0.4) is 0 Å². The minimum atomic E-state index is -3.58. The van der Waals surface area contributed by atoms with Crippen LogP contribution >= 0.6 is 22.9 Å². The van der Waals surface area contributed by atoms with Crippen LogP contribution in [0.5, 0.6) is 0 Å². The molecule has 0 saturated heterocycles. The molecule has 4 rings (SSSR count). The first-order valence-electron chi connectivity index (χ1n) is 8.96. The van der Waals surface area contributed by atoms with Crippen LogP contribution in [0.25, 0.3) is 0 Å². The molecule has 1 N–H and O–H groups in total.